The molecule has 2 N–H and O–H groups in total. The van der Waals surface area contributed by atoms with E-state index >= 15 is 0 Å². The maximum absolute atomic E-state index is 5.72. The van der Waals surface area contributed by atoms with Crippen LogP contribution >= 0.6 is 0 Å². The quantitative estimate of drug-likeness (QED) is 0.332. The summed E-state index contributed by atoms with van der Waals surface area (Å²) in [6.45, 7) is 2.62. The minimum Gasteiger partial charge on any atom is -0.497 e. The third-order valence-corrected chi connectivity index (χ3v) is 4.30. The van der Waals surface area contributed by atoms with Gasteiger partial charge in [-0.05, 0) is 41.5 Å². The molecular formula is C22H27N5O2. The summed E-state index contributed by atoms with van der Waals surface area (Å²) in [7, 11) is 3.40. The van der Waals surface area contributed by atoms with Crippen molar-refractivity contribution in [2.75, 3.05) is 27.3 Å². The Kier molecular flexibility index (Phi) is 7.51. The average molecular weight is 393 g/mol. The lowest BCUT2D eigenvalue weighted by molar-refractivity contribution is 0.321. The molecular weight excluding hydrogens is 366 g/mol. The van der Waals surface area contributed by atoms with E-state index in [2.05, 4.69) is 45.0 Å². The van der Waals surface area contributed by atoms with E-state index in [9.17, 15) is 0 Å². The van der Waals surface area contributed by atoms with Crippen molar-refractivity contribution in [2.24, 2.45) is 4.99 Å². The summed E-state index contributed by atoms with van der Waals surface area (Å²) >= 11 is 0. The molecule has 0 saturated heterocycles. The molecule has 3 aromatic rings. The molecule has 0 aliphatic rings. The van der Waals surface area contributed by atoms with Gasteiger partial charge in [0.15, 0.2) is 5.96 Å². The van der Waals surface area contributed by atoms with Crippen LogP contribution in [-0.2, 0) is 13.1 Å². The van der Waals surface area contributed by atoms with E-state index in [0.29, 0.717) is 19.7 Å². The molecule has 1 heterocycles. The largest absolute Gasteiger partial charge is 0.497 e. The van der Waals surface area contributed by atoms with Crippen molar-refractivity contribution in [2.45, 2.75) is 13.1 Å². The third kappa shape index (κ3) is 6.57. The number of methoxy groups -OCH3 is 1. The molecule has 0 unspecified atom stereocenters. The van der Waals surface area contributed by atoms with Crippen LogP contribution in [0.4, 0.5) is 0 Å². The lowest BCUT2D eigenvalue weighted by atomic mass is 10.1. The molecule has 0 atom stereocenters. The van der Waals surface area contributed by atoms with Gasteiger partial charge in [0.05, 0.1) is 20.2 Å². The molecule has 0 bridgehead atoms. The number of nitrogens with one attached hydrogen (secondary N) is 2. The summed E-state index contributed by atoms with van der Waals surface area (Å²) in [6.07, 6.45) is 3.75. The zero-order valence-corrected chi connectivity index (χ0v) is 16.8. The van der Waals surface area contributed by atoms with Crippen molar-refractivity contribution in [3.05, 3.63) is 78.1 Å². The van der Waals surface area contributed by atoms with Gasteiger partial charge >= 0.3 is 0 Å². The minimum atomic E-state index is 0.534. The van der Waals surface area contributed by atoms with Crippen LogP contribution in [0.2, 0.25) is 0 Å². The summed E-state index contributed by atoms with van der Waals surface area (Å²) in [4.78, 5) is 4.26. The second kappa shape index (κ2) is 10.8. The van der Waals surface area contributed by atoms with Crippen molar-refractivity contribution >= 4 is 5.96 Å². The Morgan fingerprint density at radius 1 is 1.03 bits per heavy atom. The van der Waals surface area contributed by atoms with Crippen LogP contribution in [0.3, 0.4) is 0 Å². The van der Waals surface area contributed by atoms with Crippen LogP contribution in [-0.4, -0.2) is 43.0 Å². The van der Waals surface area contributed by atoms with E-state index in [0.717, 1.165) is 24.0 Å². The highest BCUT2D eigenvalue weighted by molar-refractivity contribution is 5.79. The third-order valence-electron chi connectivity index (χ3n) is 4.30. The SMILES string of the molecule is CN=C(NCCOc1ccc(OC)cc1)NCc1cccc(Cn2cccn2)c1. The number of nitrogens with zero attached hydrogens (tertiary/aromatic N) is 3. The van der Waals surface area contributed by atoms with Crippen LogP contribution in [0.15, 0.2) is 72.0 Å². The monoisotopic (exact) mass is 393 g/mol. The van der Waals surface area contributed by atoms with Crippen LogP contribution in [0.5, 0.6) is 11.5 Å². The van der Waals surface area contributed by atoms with Crippen LogP contribution < -0.4 is 20.1 Å². The standard InChI is InChI=1S/C22H27N5O2/c1-23-22(24-12-14-29-21-9-7-20(28-2)8-10-21)25-16-18-5-3-6-19(15-18)17-27-13-4-11-26-27/h3-11,13,15H,12,14,16-17H2,1-2H3,(H2,23,24,25). The highest BCUT2D eigenvalue weighted by Gasteiger charge is 2.01. The predicted molar refractivity (Wildman–Crippen MR) is 114 cm³/mol. The Labute approximate surface area is 171 Å². The smallest absolute Gasteiger partial charge is 0.191 e. The fourth-order valence-corrected chi connectivity index (χ4v) is 2.84. The summed E-state index contributed by atoms with van der Waals surface area (Å²) in [5, 5.41) is 10.8. The van der Waals surface area contributed by atoms with Gasteiger partial charge in [-0.25, -0.2) is 0 Å². The molecule has 0 aliphatic heterocycles. The molecule has 1 aromatic heterocycles. The number of hydrogen-bond donors (Lipinski definition) is 2. The van der Waals surface area contributed by atoms with Gasteiger partial charge in [0.25, 0.3) is 0 Å². The lowest BCUT2D eigenvalue weighted by Crippen LogP contribution is -2.38. The lowest BCUT2D eigenvalue weighted by Gasteiger charge is -2.13. The number of benzene rings is 2. The predicted octanol–water partition coefficient (Wildman–Crippen LogP) is 2.68. The van der Waals surface area contributed by atoms with Crippen molar-refractivity contribution in [1.82, 2.24) is 20.4 Å². The fraction of sp³-hybridized carbons (Fsp3) is 0.273. The maximum Gasteiger partial charge on any atom is 0.191 e. The number of aliphatic imine (C=N–C) groups is 1. The molecule has 0 saturated carbocycles. The van der Waals surface area contributed by atoms with Crippen molar-refractivity contribution in [1.29, 1.82) is 0 Å². The summed E-state index contributed by atoms with van der Waals surface area (Å²) in [5.74, 6) is 2.36. The molecule has 152 valence electrons. The Balaban J connectivity index is 1.40. The second-order valence-electron chi connectivity index (χ2n) is 6.40. The van der Waals surface area contributed by atoms with Gasteiger partial charge < -0.3 is 20.1 Å². The molecule has 0 radical (unpaired) electrons. The Morgan fingerprint density at radius 2 is 1.83 bits per heavy atom. The topological polar surface area (TPSA) is 72.7 Å². The zero-order valence-electron chi connectivity index (χ0n) is 16.8. The zero-order chi connectivity index (χ0) is 20.3. The molecule has 3 rings (SSSR count). The fourth-order valence-electron chi connectivity index (χ4n) is 2.84. The molecule has 0 amide bonds. The van der Waals surface area contributed by atoms with E-state index in [1.54, 1.807) is 20.4 Å². The van der Waals surface area contributed by atoms with E-state index in [1.807, 2.05) is 41.2 Å². The highest BCUT2D eigenvalue weighted by Crippen LogP contribution is 2.16. The molecule has 7 heteroatoms. The van der Waals surface area contributed by atoms with E-state index in [1.165, 1.54) is 11.1 Å². The molecule has 29 heavy (non-hydrogen) atoms. The first-order valence-electron chi connectivity index (χ1n) is 9.53. The van der Waals surface area contributed by atoms with E-state index in [-0.39, 0.29) is 0 Å². The molecule has 7 nitrogen and oxygen atoms in total. The molecule has 0 fully saturated rings. The molecule has 2 aromatic carbocycles. The van der Waals surface area contributed by atoms with E-state index < -0.39 is 0 Å². The van der Waals surface area contributed by atoms with Crippen molar-refractivity contribution in [3.63, 3.8) is 0 Å². The van der Waals surface area contributed by atoms with Crippen LogP contribution in [0.25, 0.3) is 0 Å². The van der Waals surface area contributed by atoms with Gasteiger partial charge in [-0.1, -0.05) is 24.3 Å². The second-order valence-corrected chi connectivity index (χ2v) is 6.40. The summed E-state index contributed by atoms with van der Waals surface area (Å²) in [5.41, 5.74) is 2.40. The number of rotatable bonds is 9. The van der Waals surface area contributed by atoms with Crippen LogP contribution in [0.1, 0.15) is 11.1 Å². The van der Waals surface area contributed by atoms with Crippen molar-refractivity contribution in [3.8, 4) is 11.5 Å². The highest BCUT2D eigenvalue weighted by atomic mass is 16.5. The Bertz CT molecular complexity index is 892. The van der Waals surface area contributed by atoms with Gasteiger partial charge in [-0.2, -0.15) is 5.10 Å². The van der Waals surface area contributed by atoms with Gasteiger partial charge in [0.2, 0.25) is 0 Å². The van der Waals surface area contributed by atoms with Gasteiger partial charge in [-0.3, -0.25) is 9.67 Å². The molecule has 0 spiro atoms. The first-order valence-corrected chi connectivity index (χ1v) is 9.53. The van der Waals surface area contributed by atoms with Crippen LogP contribution in [0, 0.1) is 0 Å². The normalized spacial score (nSPS) is 11.2. The number of hydrogen-bond acceptors (Lipinski definition) is 4. The first kappa shape index (κ1) is 20.3. The van der Waals surface area contributed by atoms with Crippen molar-refractivity contribution < 1.29 is 9.47 Å². The number of ether oxygens (including phenoxy) is 2. The minimum absolute atomic E-state index is 0.534. The molecule has 0 aliphatic carbocycles. The summed E-state index contributed by atoms with van der Waals surface area (Å²) in [6, 6.07) is 17.9. The Hall–Kier alpha value is -3.48. The maximum atomic E-state index is 5.72. The summed E-state index contributed by atoms with van der Waals surface area (Å²) < 4.78 is 12.8. The van der Waals surface area contributed by atoms with E-state index in [4.69, 9.17) is 9.47 Å². The number of aromatic nitrogens is 2. The average Bonchev–Trinajstić information content (AvgIpc) is 3.27. The first-order chi connectivity index (χ1) is 14.3. The van der Waals surface area contributed by atoms with Gasteiger partial charge in [-0.15, -0.1) is 0 Å². The van der Waals surface area contributed by atoms with Gasteiger partial charge in [0.1, 0.15) is 18.1 Å². The number of guanidine groups is 1. The van der Waals surface area contributed by atoms with Gasteiger partial charge in [0, 0.05) is 26.0 Å². The Morgan fingerprint density at radius 3 is 2.55 bits per heavy atom.